The molecule has 112 valence electrons. The number of anilines is 2. The Hall–Kier alpha value is -2.10. The van der Waals surface area contributed by atoms with E-state index in [1.54, 1.807) is 0 Å². The van der Waals surface area contributed by atoms with Crippen LogP contribution in [-0.4, -0.2) is 23.1 Å². The third kappa shape index (κ3) is 4.74. The van der Waals surface area contributed by atoms with E-state index in [4.69, 9.17) is 0 Å². The van der Waals surface area contributed by atoms with Gasteiger partial charge in [-0.1, -0.05) is 50.6 Å². The molecule has 0 bridgehead atoms. The Morgan fingerprint density at radius 3 is 2.43 bits per heavy atom. The van der Waals surface area contributed by atoms with Crippen molar-refractivity contribution in [3.05, 3.63) is 36.4 Å². The minimum atomic E-state index is 0.692. The molecule has 2 N–H and O–H groups in total. The van der Waals surface area contributed by atoms with E-state index >= 15 is 0 Å². The summed E-state index contributed by atoms with van der Waals surface area (Å²) >= 11 is 0. The molecule has 0 atom stereocenters. The van der Waals surface area contributed by atoms with E-state index in [0.717, 1.165) is 43.0 Å². The summed E-state index contributed by atoms with van der Waals surface area (Å²) in [7, 11) is 0. The number of rotatable bonds is 8. The molecule has 0 unspecified atom stereocenters. The average molecular weight is 284 g/mol. The van der Waals surface area contributed by atoms with Crippen molar-refractivity contribution in [1.29, 1.82) is 0 Å². The van der Waals surface area contributed by atoms with Gasteiger partial charge >= 0.3 is 0 Å². The normalized spacial score (nSPS) is 10.4. The lowest BCUT2D eigenvalue weighted by Crippen LogP contribution is -2.09. The van der Waals surface area contributed by atoms with Gasteiger partial charge in [-0.15, -0.1) is 0 Å². The van der Waals surface area contributed by atoms with Crippen molar-refractivity contribution < 1.29 is 0 Å². The maximum absolute atomic E-state index is 4.61. The van der Waals surface area contributed by atoms with Gasteiger partial charge in [0.2, 0.25) is 5.95 Å². The van der Waals surface area contributed by atoms with Crippen LogP contribution in [0, 0.1) is 0 Å². The number of nitrogens with one attached hydrogen (secondary N) is 2. The number of unbranched alkanes of at least 4 members (excludes halogenated alkanes) is 1. The Labute approximate surface area is 127 Å². The van der Waals surface area contributed by atoms with E-state index in [-0.39, 0.29) is 0 Å². The first-order valence-electron chi connectivity index (χ1n) is 7.75. The zero-order valence-corrected chi connectivity index (χ0v) is 12.9. The lowest BCUT2D eigenvalue weighted by Gasteiger charge is -2.11. The molecule has 0 saturated heterocycles. The van der Waals surface area contributed by atoms with Crippen LogP contribution in [0.4, 0.5) is 11.8 Å². The van der Waals surface area contributed by atoms with Crippen LogP contribution < -0.4 is 10.6 Å². The molecule has 21 heavy (non-hydrogen) atoms. The van der Waals surface area contributed by atoms with Crippen LogP contribution in [0.2, 0.25) is 0 Å². The second-order valence-electron chi connectivity index (χ2n) is 5.04. The van der Waals surface area contributed by atoms with Gasteiger partial charge in [-0.2, -0.15) is 4.98 Å². The predicted octanol–water partition coefficient (Wildman–Crippen LogP) is 4.18. The highest BCUT2D eigenvalue weighted by molar-refractivity contribution is 5.64. The molecule has 1 aromatic carbocycles. The molecule has 0 spiro atoms. The summed E-state index contributed by atoms with van der Waals surface area (Å²) in [6.45, 7) is 6.14. The van der Waals surface area contributed by atoms with Crippen molar-refractivity contribution in [3.8, 4) is 11.3 Å². The van der Waals surface area contributed by atoms with Gasteiger partial charge in [0.05, 0.1) is 5.69 Å². The van der Waals surface area contributed by atoms with Crippen LogP contribution in [0.15, 0.2) is 36.4 Å². The van der Waals surface area contributed by atoms with Crippen molar-refractivity contribution in [3.63, 3.8) is 0 Å². The van der Waals surface area contributed by atoms with E-state index in [9.17, 15) is 0 Å². The van der Waals surface area contributed by atoms with Gasteiger partial charge < -0.3 is 10.6 Å². The molecular weight excluding hydrogens is 260 g/mol. The van der Waals surface area contributed by atoms with Crippen molar-refractivity contribution in [1.82, 2.24) is 9.97 Å². The zero-order chi connectivity index (χ0) is 14.9. The fraction of sp³-hybridized carbons (Fsp3) is 0.412. The number of hydrogen-bond acceptors (Lipinski definition) is 4. The van der Waals surface area contributed by atoms with Gasteiger partial charge in [0.1, 0.15) is 5.82 Å². The summed E-state index contributed by atoms with van der Waals surface area (Å²) in [6, 6.07) is 12.2. The highest BCUT2D eigenvalue weighted by Gasteiger charge is 2.06. The molecule has 0 radical (unpaired) electrons. The molecule has 4 heteroatoms. The van der Waals surface area contributed by atoms with E-state index < -0.39 is 0 Å². The molecule has 1 aromatic heterocycles. The summed E-state index contributed by atoms with van der Waals surface area (Å²) in [5, 5.41) is 6.65. The van der Waals surface area contributed by atoms with Gasteiger partial charge in [0, 0.05) is 24.7 Å². The van der Waals surface area contributed by atoms with Crippen molar-refractivity contribution in [2.75, 3.05) is 23.7 Å². The Bertz CT molecular complexity index is 540. The molecule has 0 saturated carbocycles. The minimum Gasteiger partial charge on any atom is -0.370 e. The maximum Gasteiger partial charge on any atom is 0.225 e. The largest absolute Gasteiger partial charge is 0.370 e. The first kappa shape index (κ1) is 15.3. The highest BCUT2D eigenvalue weighted by Crippen LogP contribution is 2.21. The van der Waals surface area contributed by atoms with E-state index in [2.05, 4.69) is 46.6 Å². The Morgan fingerprint density at radius 2 is 1.71 bits per heavy atom. The van der Waals surface area contributed by atoms with Crippen LogP contribution in [0.3, 0.4) is 0 Å². The predicted molar refractivity (Wildman–Crippen MR) is 89.6 cm³/mol. The van der Waals surface area contributed by atoms with Crippen molar-refractivity contribution in [2.24, 2.45) is 0 Å². The van der Waals surface area contributed by atoms with Crippen LogP contribution in [0.25, 0.3) is 11.3 Å². The SMILES string of the molecule is CCCCNc1cc(-c2ccccc2)nc(NCCC)n1. The number of nitrogens with zero attached hydrogens (tertiary/aromatic N) is 2. The molecule has 2 rings (SSSR count). The van der Waals surface area contributed by atoms with Gasteiger partial charge in [0.25, 0.3) is 0 Å². The standard InChI is InChI=1S/C17H24N4/c1-3-5-12-18-16-13-15(14-9-7-6-8-10-14)20-17(21-16)19-11-4-2/h6-10,13H,3-5,11-12H2,1-2H3,(H2,18,19,20,21). The van der Waals surface area contributed by atoms with Crippen LogP contribution in [0.5, 0.6) is 0 Å². The monoisotopic (exact) mass is 284 g/mol. The van der Waals surface area contributed by atoms with Crippen molar-refractivity contribution in [2.45, 2.75) is 33.1 Å². The van der Waals surface area contributed by atoms with Crippen LogP contribution in [0.1, 0.15) is 33.1 Å². The minimum absolute atomic E-state index is 0.692. The summed E-state index contributed by atoms with van der Waals surface area (Å²) < 4.78 is 0. The molecular formula is C17H24N4. The number of hydrogen-bond donors (Lipinski definition) is 2. The number of aromatic nitrogens is 2. The molecule has 0 aliphatic heterocycles. The van der Waals surface area contributed by atoms with Gasteiger partial charge in [-0.05, 0) is 12.8 Å². The second kappa shape index (κ2) is 8.25. The average Bonchev–Trinajstić information content (AvgIpc) is 2.54. The second-order valence-corrected chi connectivity index (χ2v) is 5.04. The van der Waals surface area contributed by atoms with Gasteiger partial charge in [0.15, 0.2) is 0 Å². The Morgan fingerprint density at radius 1 is 0.905 bits per heavy atom. The fourth-order valence-corrected chi connectivity index (χ4v) is 2.00. The molecule has 0 amide bonds. The third-order valence-electron chi connectivity index (χ3n) is 3.17. The lowest BCUT2D eigenvalue weighted by atomic mass is 10.1. The Balaban J connectivity index is 2.23. The molecule has 0 fully saturated rings. The lowest BCUT2D eigenvalue weighted by molar-refractivity contribution is 0.830. The van der Waals surface area contributed by atoms with E-state index in [1.807, 2.05) is 24.3 Å². The Kier molecular flexibility index (Phi) is 6.00. The summed E-state index contributed by atoms with van der Waals surface area (Å²) in [4.78, 5) is 9.14. The topological polar surface area (TPSA) is 49.8 Å². The maximum atomic E-state index is 4.61. The molecule has 4 nitrogen and oxygen atoms in total. The molecule has 0 aliphatic rings. The highest BCUT2D eigenvalue weighted by atomic mass is 15.1. The van der Waals surface area contributed by atoms with Gasteiger partial charge in [-0.3, -0.25) is 0 Å². The number of benzene rings is 1. The molecule has 0 aliphatic carbocycles. The van der Waals surface area contributed by atoms with Crippen molar-refractivity contribution >= 4 is 11.8 Å². The molecule has 2 aromatic rings. The smallest absolute Gasteiger partial charge is 0.225 e. The third-order valence-corrected chi connectivity index (χ3v) is 3.17. The summed E-state index contributed by atoms with van der Waals surface area (Å²) in [5.41, 5.74) is 2.06. The van der Waals surface area contributed by atoms with E-state index in [0.29, 0.717) is 5.95 Å². The first-order chi connectivity index (χ1) is 10.3. The summed E-state index contributed by atoms with van der Waals surface area (Å²) in [6.07, 6.45) is 3.37. The van der Waals surface area contributed by atoms with E-state index in [1.165, 1.54) is 6.42 Å². The van der Waals surface area contributed by atoms with Gasteiger partial charge in [-0.25, -0.2) is 4.98 Å². The van der Waals surface area contributed by atoms with Crippen LogP contribution in [-0.2, 0) is 0 Å². The first-order valence-corrected chi connectivity index (χ1v) is 7.75. The fourth-order valence-electron chi connectivity index (χ4n) is 2.00. The summed E-state index contributed by atoms with van der Waals surface area (Å²) in [5.74, 6) is 1.58. The van der Waals surface area contributed by atoms with Crippen LogP contribution >= 0.6 is 0 Å². The quantitative estimate of drug-likeness (QED) is 0.714. The molecule has 1 heterocycles. The zero-order valence-electron chi connectivity index (χ0n) is 12.9.